The van der Waals surface area contributed by atoms with Crippen molar-refractivity contribution in [3.8, 4) is 11.3 Å². The molecule has 3 aliphatic rings. The van der Waals surface area contributed by atoms with E-state index in [1.165, 1.54) is 35.2 Å². The molecule has 136 valence electrons. The summed E-state index contributed by atoms with van der Waals surface area (Å²) in [6.45, 7) is 5.81. The van der Waals surface area contributed by atoms with Crippen LogP contribution in [0.4, 0.5) is 5.95 Å². The summed E-state index contributed by atoms with van der Waals surface area (Å²) in [7, 11) is 0. The number of β-amino-alcohol motifs (C(OH)–C–C–N with tert-alkyl or cyclic N) is 1. The molecule has 1 aliphatic carbocycles. The fourth-order valence-corrected chi connectivity index (χ4v) is 4.30. The maximum Gasteiger partial charge on any atom is 0.226 e. The molecule has 2 saturated heterocycles. The van der Waals surface area contributed by atoms with E-state index in [0.29, 0.717) is 6.04 Å². The first kappa shape index (κ1) is 16.2. The number of aliphatic hydroxyl groups excluding tert-OH is 1. The third kappa shape index (κ3) is 2.79. The zero-order chi connectivity index (χ0) is 17.7. The number of fused-ring (bicyclic) bond motifs is 1. The lowest BCUT2D eigenvalue weighted by Crippen LogP contribution is -2.49. The minimum Gasteiger partial charge on any atom is -0.390 e. The molecule has 3 heterocycles. The maximum atomic E-state index is 9.43. The van der Waals surface area contributed by atoms with Crippen LogP contribution in [0.15, 0.2) is 24.3 Å². The molecule has 2 aromatic rings. The quantitative estimate of drug-likeness (QED) is 0.918. The number of rotatable bonds is 4. The second-order valence-corrected chi connectivity index (χ2v) is 8.03. The molecule has 5 heteroatoms. The second-order valence-electron chi connectivity index (χ2n) is 8.03. The van der Waals surface area contributed by atoms with Gasteiger partial charge in [-0.1, -0.05) is 24.3 Å². The first-order valence-corrected chi connectivity index (χ1v) is 9.83. The molecule has 0 unspecified atom stereocenters. The largest absolute Gasteiger partial charge is 0.390 e. The number of anilines is 1. The van der Waals surface area contributed by atoms with Gasteiger partial charge in [0, 0.05) is 49.0 Å². The summed E-state index contributed by atoms with van der Waals surface area (Å²) in [5, 5.41) is 9.43. The highest BCUT2D eigenvalue weighted by Gasteiger charge is 2.29. The van der Waals surface area contributed by atoms with Crippen molar-refractivity contribution in [2.45, 2.75) is 51.3 Å². The van der Waals surface area contributed by atoms with Gasteiger partial charge in [0.2, 0.25) is 5.95 Å². The van der Waals surface area contributed by atoms with Crippen LogP contribution < -0.4 is 4.90 Å². The smallest absolute Gasteiger partial charge is 0.226 e. The highest BCUT2D eigenvalue weighted by molar-refractivity contribution is 5.67. The van der Waals surface area contributed by atoms with Gasteiger partial charge in [-0.25, -0.2) is 9.97 Å². The monoisotopic (exact) mass is 350 g/mol. The number of hydrogen-bond acceptors (Lipinski definition) is 5. The van der Waals surface area contributed by atoms with Crippen molar-refractivity contribution in [2.75, 3.05) is 24.5 Å². The predicted molar refractivity (Wildman–Crippen MR) is 102 cm³/mol. The average molecular weight is 350 g/mol. The van der Waals surface area contributed by atoms with Crippen LogP contribution in [0.2, 0.25) is 0 Å². The van der Waals surface area contributed by atoms with Gasteiger partial charge in [-0.3, -0.25) is 4.90 Å². The van der Waals surface area contributed by atoms with Crippen molar-refractivity contribution in [2.24, 2.45) is 0 Å². The SMILES string of the molecule is C[C@H]1CCN1c1nc2c(c(-c3ccc(CN4CC(O)C4)cc3)n1)CCC2. The maximum absolute atomic E-state index is 9.43. The van der Waals surface area contributed by atoms with E-state index in [1.54, 1.807) is 0 Å². The first-order chi connectivity index (χ1) is 12.7. The molecule has 1 N–H and O–H groups in total. The van der Waals surface area contributed by atoms with Crippen molar-refractivity contribution in [1.29, 1.82) is 0 Å². The van der Waals surface area contributed by atoms with Crippen LogP contribution >= 0.6 is 0 Å². The Hall–Kier alpha value is -1.98. The van der Waals surface area contributed by atoms with E-state index < -0.39 is 0 Å². The molecule has 2 fully saturated rings. The van der Waals surface area contributed by atoms with E-state index in [0.717, 1.165) is 50.7 Å². The lowest BCUT2D eigenvalue weighted by Gasteiger charge is -2.39. The zero-order valence-electron chi connectivity index (χ0n) is 15.4. The highest BCUT2D eigenvalue weighted by atomic mass is 16.3. The van der Waals surface area contributed by atoms with Gasteiger partial charge in [0.15, 0.2) is 0 Å². The fraction of sp³-hybridized carbons (Fsp3) is 0.524. The number of nitrogens with zero attached hydrogens (tertiary/aromatic N) is 4. The molecule has 1 aromatic carbocycles. The Kier molecular flexibility index (Phi) is 3.94. The van der Waals surface area contributed by atoms with Gasteiger partial charge in [0.05, 0.1) is 11.8 Å². The van der Waals surface area contributed by atoms with Crippen molar-refractivity contribution >= 4 is 5.95 Å². The summed E-state index contributed by atoms with van der Waals surface area (Å²) in [6.07, 6.45) is 4.45. The summed E-state index contributed by atoms with van der Waals surface area (Å²) in [6, 6.07) is 9.37. The highest BCUT2D eigenvalue weighted by Crippen LogP contribution is 2.34. The molecule has 2 aliphatic heterocycles. The Bertz CT molecular complexity index is 814. The normalized spacial score (nSPS) is 22.8. The van der Waals surface area contributed by atoms with E-state index in [4.69, 9.17) is 9.97 Å². The lowest BCUT2D eigenvalue weighted by molar-refractivity contribution is -0.00286. The molecule has 0 amide bonds. The Labute approximate surface area is 154 Å². The van der Waals surface area contributed by atoms with Crippen LogP contribution in [0.3, 0.4) is 0 Å². The van der Waals surface area contributed by atoms with Crippen LogP contribution in [0.5, 0.6) is 0 Å². The molecule has 0 spiro atoms. The van der Waals surface area contributed by atoms with E-state index in [1.807, 2.05) is 0 Å². The molecule has 5 nitrogen and oxygen atoms in total. The number of likely N-dealkylation sites (tertiary alicyclic amines) is 1. The number of benzene rings is 1. The van der Waals surface area contributed by atoms with Crippen molar-refractivity contribution < 1.29 is 5.11 Å². The van der Waals surface area contributed by atoms with Crippen LogP contribution in [0, 0.1) is 0 Å². The van der Waals surface area contributed by atoms with Gasteiger partial charge in [-0.05, 0) is 38.2 Å². The number of hydrogen-bond donors (Lipinski definition) is 1. The van der Waals surface area contributed by atoms with Gasteiger partial charge >= 0.3 is 0 Å². The third-order valence-electron chi connectivity index (χ3n) is 6.07. The molecule has 1 aromatic heterocycles. The number of aliphatic hydroxyl groups is 1. The summed E-state index contributed by atoms with van der Waals surface area (Å²) < 4.78 is 0. The van der Waals surface area contributed by atoms with Crippen molar-refractivity contribution in [3.05, 3.63) is 41.1 Å². The molecule has 0 radical (unpaired) electrons. The summed E-state index contributed by atoms with van der Waals surface area (Å²) >= 11 is 0. The molecule has 0 saturated carbocycles. The molecule has 0 bridgehead atoms. The van der Waals surface area contributed by atoms with Crippen LogP contribution in [0.25, 0.3) is 11.3 Å². The molecular formula is C21H26N4O. The Morgan fingerprint density at radius 2 is 1.92 bits per heavy atom. The standard InChI is InChI=1S/C21H26N4O/c1-14-9-10-25(14)21-22-19-4-2-3-18(19)20(23-21)16-7-5-15(6-8-16)11-24-12-17(26)13-24/h5-8,14,17,26H,2-4,9-13H2,1H3/t14-/m0/s1. The summed E-state index contributed by atoms with van der Waals surface area (Å²) in [5.41, 5.74) is 6.23. The average Bonchev–Trinajstić information content (AvgIpc) is 3.08. The van der Waals surface area contributed by atoms with Gasteiger partial charge < -0.3 is 10.0 Å². The molecular weight excluding hydrogens is 324 g/mol. The minimum absolute atomic E-state index is 0.139. The fourth-order valence-electron chi connectivity index (χ4n) is 4.30. The number of aromatic nitrogens is 2. The number of aryl methyl sites for hydroxylation is 1. The van der Waals surface area contributed by atoms with E-state index in [2.05, 4.69) is 41.0 Å². The van der Waals surface area contributed by atoms with Gasteiger partial charge in [0.25, 0.3) is 0 Å². The van der Waals surface area contributed by atoms with Gasteiger partial charge in [0.1, 0.15) is 0 Å². The molecule has 26 heavy (non-hydrogen) atoms. The summed E-state index contributed by atoms with van der Waals surface area (Å²) in [4.78, 5) is 14.5. The molecule has 1 atom stereocenters. The van der Waals surface area contributed by atoms with Crippen molar-refractivity contribution in [3.63, 3.8) is 0 Å². The van der Waals surface area contributed by atoms with Crippen LogP contribution in [-0.2, 0) is 19.4 Å². The lowest BCUT2D eigenvalue weighted by atomic mass is 10.0. The third-order valence-corrected chi connectivity index (χ3v) is 6.07. The van der Waals surface area contributed by atoms with E-state index in [-0.39, 0.29) is 6.10 Å². The zero-order valence-corrected chi connectivity index (χ0v) is 15.4. The second kappa shape index (κ2) is 6.32. The topological polar surface area (TPSA) is 52.5 Å². The van der Waals surface area contributed by atoms with Crippen molar-refractivity contribution in [1.82, 2.24) is 14.9 Å². The van der Waals surface area contributed by atoms with E-state index >= 15 is 0 Å². The minimum atomic E-state index is -0.139. The van der Waals surface area contributed by atoms with Gasteiger partial charge in [-0.2, -0.15) is 0 Å². The summed E-state index contributed by atoms with van der Waals surface area (Å²) in [5.74, 6) is 0.915. The molecule has 5 rings (SSSR count). The Morgan fingerprint density at radius 3 is 2.58 bits per heavy atom. The van der Waals surface area contributed by atoms with E-state index in [9.17, 15) is 5.11 Å². The Morgan fingerprint density at radius 1 is 1.12 bits per heavy atom. The predicted octanol–water partition coefficient (Wildman–Crippen LogP) is 2.41. The van der Waals surface area contributed by atoms with Crippen LogP contribution in [0.1, 0.15) is 36.6 Å². The van der Waals surface area contributed by atoms with Gasteiger partial charge in [-0.15, -0.1) is 0 Å². The Balaban J connectivity index is 1.43. The van der Waals surface area contributed by atoms with Crippen LogP contribution in [-0.4, -0.2) is 51.8 Å². The first-order valence-electron chi connectivity index (χ1n) is 9.83.